The van der Waals surface area contributed by atoms with Gasteiger partial charge < -0.3 is 14.8 Å². The molecule has 0 aliphatic carbocycles. The zero-order chi connectivity index (χ0) is 15.2. The van der Waals surface area contributed by atoms with E-state index in [0.29, 0.717) is 30.9 Å². The summed E-state index contributed by atoms with van der Waals surface area (Å²) in [6.45, 7) is 8.43. The lowest BCUT2D eigenvalue weighted by molar-refractivity contribution is 0.0264. The van der Waals surface area contributed by atoms with Gasteiger partial charge in [-0.1, -0.05) is 13.8 Å². The zero-order valence-electron chi connectivity index (χ0n) is 13.2. The average molecular weight is 295 g/mol. The highest BCUT2D eigenvalue weighted by molar-refractivity contribution is 5.29. The van der Waals surface area contributed by atoms with E-state index in [2.05, 4.69) is 26.1 Å². The lowest BCUT2D eigenvalue weighted by Gasteiger charge is -2.14. The summed E-state index contributed by atoms with van der Waals surface area (Å²) in [4.78, 5) is 0. The number of halogens is 1. The normalized spacial score (nSPS) is 22.0. The molecule has 0 bridgehead atoms. The first-order valence-corrected chi connectivity index (χ1v) is 7.81. The summed E-state index contributed by atoms with van der Waals surface area (Å²) in [5, 5.41) is 3.31. The van der Waals surface area contributed by atoms with Gasteiger partial charge in [-0.15, -0.1) is 0 Å². The highest BCUT2D eigenvalue weighted by atomic mass is 19.1. The third kappa shape index (κ3) is 5.64. The van der Waals surface area contributed by atoms with Crippen molar-refractivity contribution in [1.29, 1.82) is 0 Å². The van der Waals surface area contributed by atoms with Crippen molar-refractivity contribution in [2.24, 2.45) is 5.92 Å². The number of ether oxygens (including phenoxy) is 2. The molecule has 0 aromatic heterocycles. The van der Waals surface area contributed by atoms with E-state index in [1.54, 1.807) is 6.07 Å². The molecule has 1 aromatic carbocycles. The third-order valence-electron chi connectivity index (χ3n) is 3.57. The van der Waals surface area contributed by atoms with E-state index in [0.717, 1.165) is 24.9 Å². The van der Waals surface area contributed by atoms with Gasteiger partial charge in [0.1, 0.15) is 18.2 Å². The highest BCUT2D eigenvalue weighted by Crippen LogP contribution is 2.22. The molecule has 2 unspecified atom stereocenters. The van der Waals surface area contributed by atoms with Gasteiger partial charge in [-0.05, 0) is 49.9 Å². The van der Waals surface area contributed by atoms with Crippen molar-refractivity contribution in [3.05, 3.63) is 29.6 Å². The highest BCUT2D eigenvalue weighted by Gasteiger charge is 2.22. The van der Waals surface area contributed by atoms with Crippen LogP contribution in [-0.2, 0) is 11.3 Å². The van der Waals surface area contributed by atoms with Crippen LogP contribution in [0, 0.1) is 11.7 Å². The minimum absolute atomic E-state index is 0.130. The quantitative estimate of drug-likeness (QED) is 0.835. The van der Waals surface area contributed by atoms with Gasteiger partial charge in [-0.2, -0.15) is 0 Å². The first-order chi connectivity index (χ1) is 10.0. The van der Waals surface area contributed by atoms with Crippen LogP contribution in [0.1, 0.15) is 39.2 Å². The van der Waals surface area contributed by atoms with Gasteiger partial charge >= 0.3 is 0 Å². The zero-order valence-corrected chi connectivity index (χ0v) is 13.2. The molecule has 0 radical (unpaired) electrons. The minimum Gasteiger partial charge on any atom is -0.491 e. The molecular formula is C17H26FNO2. The number of hydrogen-bond donors (Lipinski definition) is 1. The van der Waals surface area contributed by atoms with Crippen LogP contribution in [0.5, 0.6) is 5.75 Å². The summed E-state index contributed by atoms with van der Waals surface area (Å²) in [7, 11) is 0. The Hall–Kier alpha value is -1.13. The maximum absolute atomic E-state index is 13.6. The Bertz CT molecular complexity index is 450. The monoisotopic (exact) mass is 295 g/mol. The fraction of sp³-hybridized carbons (Fsp3) is 0.647. The fourth-order valence-corrected chi connectivity index (χ4v) is 2.51. The second-order valence-electron chi connectivity index (χ2n) is 6.28. The lowest BCUT2D eigenvalue weighted by atomic mass is 10.2. The van der Waals surface area contributed by atoms with Crippen molar-refractivity contribution in [3.63, 3.8) is 0 Å². The molecule has 1 saturated heterocycles. The van der Waals surface area contributed by atoms with Gasteiger partial charge in [-0.25, -0.2) is 4.39 Å². The molecule has 118 valence electrons. The van der Waals surface area contributed by atoms with Crippen LogP contribution in [0.15, 0.2) is 18.2 Å². The van der Waals surface area contributed by atoms with Crippen molar-refractivity contribution in [3.8, 4) is 5.75 Å². The number of nitrogens with one attached hydrogen (secondary N) is 1. The van der Waals surface area contributed by atoms with E-state index in [-0.39, 0.29) is 11.9 Å². The number of rotatable bonds is 7. The number of hydrogen-bond acceptors (Lipinski definition) is 3. The van der Waals surface area contributed by atoms with Gasteiger partial charge in [0.15, 0.2) is 0 Å². The third-order valence-corrected chi connectivity index (χ3v) is 3.57. The first kappa shape index (κ1) is 16.2. The topological polar surface area (TPSA) is 30.5 Å². The van der Waals surface area contributed by atoms with E-state index in [1.165, 1.54) is 6.07 Å². The molecule has 4 heteroatoms. The van der Waals surface area contributed by atoms with Crippen molar-refractivity contribution in [2.45, 2.75) is 52.4 Å². The SMILES string of the molecule is CC(C)CNCc1cc(F)cc(OCC2CCC(C)O2)c1. The molecule has 1 heterocycles. The molecule has 1 aliphatic rings. The molecular weight excluding hydrogens is 269 g/mol. The smallest absolute Gasteiger partial charge is 0.127 e. The average Bonchev–Trinajstić information content (AvgIpc) is 2.81. The van der Waals surface area contributed by atoms with Gasteiger partial charge in [0.2, 0.25) is 0 Å². The molecule has 0 amide bonds. The van der Waals surface area contributed by atoms with Crippen molar-refractivity contribution in [2.75, 3.05) is 13.2 Å². The minimum atomic E-state index is -0.255. The van der Waals surface area contributed by atoms with Crippen LogP contribution in [0.25, 0.3) is 0 Å². The Morgan fingerprint density at radius 2 is 2.14 bits per heavy atom. The van der Waals surface area contributed by atoms with Crippen molar-refractivity contribution < 1.29 is 13.9 Å². The van der Waals surface area contributed by atoms with Crippen LogP contribution in [0.4, 0.5) is 4.39 Å². The summed E-state index contributed by atoms with van der Waals surface area (Å²) in [5.41, 5.74) is 0.909. The van der Waals surface area contributed by atoms with Crippen LogP contribution in [-0.4, -0.2) is 25.4 Å². The van der Waals surface area contributed by atoms with E-state index < -0.39 is 0 Å². The fourth-order valence-electron chi connectivity index (χ4n) is 2.51. The molecule has 0 saturated carbocycles. The van der Waals surface area contributed by atoms with Crippen molar-refractivity contribution in [1.82, 2.24) is 5.32 Å². The van der Waals surface area contributed by atoms with Gasteiger partial charge in [0.05, 0.1) is 12.2 Å². The van der Waals surface area contributed by atoms with Crippen LogP contribution in [0.2, 0.25) is 0 Å². The largest absolute Gasteiger partial charge is 0.491 e. The Kier molecular flexibility index (Phi) is 6.00. The predicted molar refractivity (Wildman–Crippen MR) is 82.0 cm³/mol. The molecule has 1 aromatic rings. The Morgan fingerprint density at radius 1 is 1.33 bits per heavy atom. The maximum atomic E-state index is 13.6. The Morgan fingerprint density at radius 3 is 2.81 bits per heavy atom. The Balaban J connectivity index is 1.85. The first-order valence-electron chi connectivity index (χ1n) is 7.81. The molecule has 2 atom stereocenters. The van der Waals surface area contributed by atoms with E-state index >= 15 is 0 Å². The van der Waals surface area contributed by atoms with Crippen LogP contribution >= 0.6 is 0 Å². The molecule has 3 nitrogen and oxygen atoms in total. The second kappa shape index (κ2) is 7.76. The summed E-state index contributed by atoms with van der Waals surface area (Å²) in [5.74, 6) is 0.907. The molecule has 1 N–H and O–H groups in total. The van der Waals surface area contributed by atoms with Crippen LogP contribution < -0.4 is 10.1 Å². The summed E-state index contributed by atoms with van der Waals surface area (Å²) >= 11 is 0. The molecule has 1 aliphatic heterocycles. The Labute approximate surface area is 126 Å². The predicted octanol–water partition coefficient (Wildman–Crippen LogP) is 3.52. The van der Waals surface area contributed by atoms with E-state index in [4.69, 9.17) is 9.47 Å². The summed E-state index contributed by atoms with van der Waals surface area (Å²) in [6, 6.07) is 4.88. The van der Waals surface area contributed by atoms with Gasteiger partial charge in [0.25, 0.3) is 0 Å². The molecule has 1 fully saturated rings. The summed E-state index contributed by atoms with van der Waals surface area (Å²) < 4.78 is 25.0. The molecule has 21 heavy (non-hydrogen) atoms. The number of benzene rings is 1. The second-order valence-corrected chi connectivity index (χ2v) is 6.28. The standard InChI is InChI=1S/C17H26FNO2/c1-12(2)9-19-10-14-6-15(18)8-17(7-14)20-11-16-5-4-13(3)21-16/h6-8,12-13,16,19H,4-5,9-11H2,1-3H3. The van der Waals surface area contributed by atoms with Crippen molar-refractivity contribution >= 4 is 0 Å². The van der Waals surface area contributed by atoms with E-state index in [1.807, 2.05) is 6.07 Å². The maximum Gasteiger partial charge on any atom is 0.127 e. The molecule has 0 spiro atoms. The van der Waals surface area contributed by atoms with E-state index in [9.17, 15) is 4.39 Å². The van der Waals surface area contributed by atoms with Gasteiger partial charge in [0, 0.05) is 12.6 Å². The van der Waals surface area contributed by atoms with Gasteiger partial charge in [-0.3, -0.25) is 0 Å². The molecule has 2 rings (SSSR count). The van der Waals surface area contributed by atoms with Crippen LogP contribution in [0.3, 0.4) is 0 Å². The lowest BCUT2D eigenvalue weighted by Crippen LogP contribution is -2.19. The summed E-state index contributed by atoms with van der Waals surface area (Å²) in [6.07, 6.45) is 2.52.